The van der Waals surface area contributed by atoms with Gasteiger partial charge in [-0.05, 0) is 30.2 Å². The van der Waals surface area contributed by atoms with Gasteiger partial charge < -0.3 is 20.3 Å². The first kappa shape index (κ1) is 22.3. The first-order chi connectivity index (χ1) is 15.7. The highest BCUT2D eigenvalue weighted by molar-refractivity contribution is 5.97. The van der Waals surface area contributed by atoms with Gasteiger partial charge in [0.1, 0.15) is 0 Å². The molecule has 0 bridgehead atoms. The Labute approximate surface area is 190 Å². The lowest BCUT2D eigenvalue weighted by Crippen LogP contribution is -2.44. The van der Waals surface area contributed by atoms with Crippen molar-refractivity contribution in [2.24, 2.45) is 4.99 Å². The van der Waals surface area contributed by atoms with Crippen molar-refractivity contribution in [1.29, 1.82) is 0 Å². The average molecular weight is 436 g/mol. The van der Waals surface area contributed by atoms with E-state index >= 15 is 0 Å². The quantitative estimate of drug-likeness (QED) is 0.516. The molecule has 32 heavy (non-hydrogen) atoms. The molecule has 0 aliphatic carbocycles. The number of carbonyl (C=O) groups excluding carboxylic acids is 1. The molecule has 0 spiro atoms. The predicted octanol–water partition coefficient (Wildman–Crippen LogP) is 2.38. The topological polar surface area (TPSA) is 69.2 Å². The highest BCUT2D eigenvalue weighted by Gasteiger charge is 2.31. The molecule has 7 heteroatoms. The Balaban J connectivity index is 1.36. The third-order valence-electron chi connectivity index (χ3n) is 5.80. The van der Waals surface area contributed by atoms with Gasteiger partial charge in [0.2, 0.25) is 5.91 Å². The SMILES string of the molecule is CCNC(=NCc1cccc(CN2CCOCC2)c1)NC1CC(=O)N(c2ccccc2)C1. The fourth-order valence-electron chi connectivity index (χ4n) is 4.19. The number of anilines is 1. The summed E-state index contributed by atoms with van der Waals surface area (Å²) >= 11 is 0. The van der Waals surface area contributed by atoms with Gasteiger partial charge in [-0.2, -0.15) is 0 Å². The fourth-order valence-corrected chi connectivity index (χ4v) is 4.19. The lowest BCUT2D eigenvalue weighted by Gasteiger charge is -2.26. The minimum Gasteiger partial charge on any atom is -0.379 e. The van der Waals surface area contributed by atoms with E-state index in [4.69, 9.17) is 9.73 Å². The molecule has 2 N–H and O–H groups in total. The predicted molar refractivity (Wildman–Crippen MR) is 128 cm³/mol. The second kappa shape index (κ2) is 11.1. The summed E-state index contributed by atoms with van der Waals surface area (Å²) in [6.07, 6.45) is 0.467. The zero-order valence-electron chi connectivity index (χ0n) is 18.8. The van der Waals surface area contributed by atoms with Crippen LogP contribution < -0.4 is 15.5 Å². The molecule has 2 aliphatic rings. The molecule has 2 aliphatic heterocycles. The van der Waals surface area contributed by atoms with Crippen molar-refractivity contribution in [3.63, 3.8) is 0 Å². The van der Waals surface area contributed by atoms with Gasteiger partial charge in [-0.15, -0.1) is 0 Å². The van der Waals surface area contributed by atoms with Crippen molar-refractivity contribution in [1.82, 2.24) is 15.5 Å². The number of aliphatic imine (C=N–C) groups is 1. The molecule has 2 saturated heterocycles. The van der Waals surface area contributed by atoms with E-state index in [9.17, 15) is 4.79 Å². The van der Waals surface area contributed by atoms with Crippen LogP contribution in [0.4, 0.5) is 5.69 Å². The molecular formula is C25H33N5O2. The molecule has 7 nitrogen and oxygen atoms in total. The summed E-state index contributed by atoms with van der Waals surface area (Å²) in [5, 5.41) is 6.77. The minimum atomic E-state index is 0.0353. The highest BCUT2D eigenvalue weighted by atomic mass is 16.5. The van der Waals surface area contributed by atoms with Gasteiger partial charge in [0.25, 0.3) is 0 Å². The fraction of sp³-hybridized carbons (Fsp3) is 0.440. The van der Waals surface area contributed by atoms with E-state index in [1.54, 1.807) is 0 Å². The zero-order valence-corrected chi connectivity index (χ0v) is 18.8. The van der Waals surface area contributed by atoms with E-state index in [0.717, 1.165) is 51.0 Å². The molecule has 0 aromatic heterocycles. The van der Waals surface area contributed by atoms with Gasteiger partial charge in [0, 0.05) is 44.8 Å². The van der Waals surface area contributed by atoms with E-state index in [0.29, 0.717) is 19.5 Å². The summed E-state index contributed by atoms with van der Waals surface area (Å²) in [6.45, 7) is 8.59. The third-order valence-corrected chi connectivity index (χ3v) is 5.80. The molecule has 1 unspecified atom stereocenters. The van der Waals surface area contributed by atoms with Crippen LogP contribution in [0.2, 0.25) is 0 Å². The maximum Gasteiger partial charge on any atom is 0.229 e. The van der Waals surface area contributed by atoms with Gasteiger partial charge in [-0.25, -0.2) is 4.99 Å². The van der Waals surface area contributed by atoms with Crippen molar-refractivity contribution in [3.8, 4) is 0 Å². The van der Waals surface area contributed by atoms with E-state index in [2.05, 4.69) is 46.7 Å². The average Bonchev–Trinajstić information content (AvgIpc) is 3.19. The molecular weight excluding hydrogens is 402 g/mol. The normalized spacial score (nSPS) is 19.9. The van der Waals surface area contributed by atoms with Crippen LogP contribution in [0.5, 0.6) is 0 Å². The number of morpholine rings is 1. The summed E-state index contributed by atoms with van der Waals surface area (Å²) in [5.74, 6) is 0.888. The number of ether oxygens (including phenoxy) is 1. The molecule has 170 valence electrons. The maximum atomic E-state index is 12.5. The number of nitrogens with one attached hydrogen (secondary N) is 2. The van der Waals surface area contributed by atoms with E-state index in [-0.39, 0.29) is 11.9 Å². The number of rotatable bonds is 7. The van der Waals surface area contributed by atoms with Gasteiger partial charge >= 0.3 is 0 Å². The zero-order chi connectivity index (χ0) is 22.2. The largest absolute Gasteiger partial charge is 0.379 e. The van der Waals surface area contributed by atoms with Crippen LogP contribution in [0.1, 0.15) is 24.5 Å². The number of amides is 1. The molecule has 1 amide bonds. The van der Waals surface area contributed by atoms with Crippen LogP contribution in [0.3, 0.4) is 0 Å². The highest BCUT2D eigenvalue weighted by Crippen LogP contribution is 2.21. The van der Waals surface area contributed by atoms with Crippen LogP contribution in [-0.2, 0) is 22.6 Å². The van der Waals surface area contributed by atoms with Crippen LogP contribution >= 0.6 is 0 Å². The van der Waals surface area contributed by atoms with Gasteiger partial charge in [0.05, 0.1) is 25.8 Å². The van der Waals surface area contributed by atoms with Crippen molar-refractivity contribution in [2.45, 2.75) is 32.5 Å². The number of para-hydroxylation sites is 1. The summed E-state index contributed by atoms with van der Waals surface area (Å²) in [5.41, 5.74) is 3.43. The molecule has 0 saturated carbocycles. The summed E-state index contributed by atoms with van der Waals surface area (Å²) in [4.78, 5) is 21.6. The van der Waals surface area contributed by atoms with Crippen LogP contribution in [0.25, 0.3) is 0 Å². The second-order valence-corrected chi connectivity index (χ2v) is 8.29. The Hall–Kier alpha value is -2.90. The van der Waals surface area contributed by atoms with Crippen molar-refractivity contribution in [2.75, 3.05) is 44.3 Å². The van der Waals surface area contributed by atoms with Crippen LogP contribution in [0, 0.1) is 0 Å². The monoisotopic (exact) mass is 435 g/mol. The molecule has 2 aromatic rings. The maximum absolute atomic E-state index is 12.5. The van der Waals surface area contributed by atoms with Crippen molar-refractivity contribution in [3.05, 3.63) is 65.7 Å². The summed E-state index contributed by atoms with van der Waals surface area (Å²) in [7, 11) is 0. The lowest BCUT2D eigenvalue weighted by molar-refractivity contribution is -0.117. The van der Waals surface area contributed by atoms with Gasteiger partial charge in [0.15, 0.2) is 5.96 Å². The van der Waals surface area contributed by atoms with Gasteiger partial charge in [-0.3, -0.25) is 9.69 Å². The molecule has 0 radical (unpaired) electrons. The Bertz CT molecular complexity index is 912. The van der Waals surface area contributed by atoms with Gasteiger partial charge in [-0.1, -0.05) is 42.5 Å². The van der Waals surface area contributed by atoms with Crippen LogP contribution in [-0.4, -0.2) is 62.2 Å². The van der Waals surface area contributed by atoms with E-state index in [1.807, 2.05) is 35.2 Å². The Morgan fingerprint density at radius 3 is 2.66 bits per heavy atom. The Kier molecular flexibility index (Phi) is 7.74. The lowest BCUT2D eigenvalue weighted by atomic mass is 10.1. The van der Waals surface area contributed by atoms with E-state index in [1.165, 1.54) is 11.1 Å². The number of guanidine groups is 1. The minimum absolute atomic E-state index is 0.0353. The first-order valence-corrected chi connectivity index (χ1v) is 11.5. The number of hydrogen-bond acceptors (Lipinski definition) is 4. The number of carbonyl (C=O) groups is 1. The number of hydrogen-bond donors (Lipinski definition) is 2. The number of benzene rings is 2. The first-order valence-electron chi connectivity index (χ1n) is 11.5. The van der Waals surface area contributed by atoms with Crippen molar-refractivity contribution < 1.29 is 9.53 Å². The molecule has 2 heterocycles. The number of nitrogens with zero attached hydrogens (tertiary/aromatic N) is 3. The standard InChI is InChI=1S/C25H33N5O2/c1-2-26-25(28-22-16-24(31)30(19-22)23-9-4-3-5-10-23)27-17-20-7-6-8-21(15-20)18-29-11-13-32-14-12-29/h3-10,15,22H,2,11-14,16-19H2,1H3,(H2,26,27,28). The smallest absolute Gasteiger partial charge is 0.229 e. The van der Waals surface area contributed by atoms with Crippen LogP contribution in [0.15, 0.2) is 59.6 Å². The molecule has 2 fully saturated rings. The molecule has 2 aromatic carbocycles. The van der Waals surface area contributed by atoms with Crippen molar-refractivity contribution >= 4 is 17.6 Å². The summed E-state index contributed by atoms with van der Waals surface area (Å²) < 4.78 is 5.44. The Morgan fingerprint density at radius 2 is 1.88 bits per heavy atom. The molecule has 4 rings (SSSR count). The summed E-state index contributed by atoms with van der Waals surface area (Å²) in [6, 6.07) is 18.5. The second-order valence-electron chi connectivity index (χ2n) is 8.29. The van der Waals surface area contributed by atoms with E-state index < -0.39 is 0 Å². The Morgan fingerprint density at radius 1 is 1.09 bits per heavy atom. The third kappa shape index (κ3) is 6.08. The molecule has 1 atom stereocenters.